The summed E-state index contributed by atoms with van der Waals surface area (Å²) in [5.41, 5.74) is -0.234. The molecule has 1 amide bonds. The van der Waals surface area contributed by atoms with Gasteiger partial charge in [0.05, 0.1) is 11.3 Å². The fourth-order valence-electron chi connectivity index (χ4n) is 2.79. The number of hydrogen-bond acceptors (Lipinski definition) is 3. The van der Waals surface area contributed by atoms with Gasteiger partial charge in [-0.25, -0.2) is 0 Å². The van der Waals surface area contributed by atoms with E-state index in [2.05, 4.69) is 5.32 Å². The van der Waals surface area contributed by atoms with Gasteiger partial charge in [-0.1, -0.05) is 24.3 Å². The number of carbonyl (C=O) groups excluding carboxylic acids is 1. The fourth-order valence-corrected chi connectivity index (χ4v) is 2.79. The van der Waals surface area contributed by atoms with Crippen molar-refractivity contribution in [1.82, 2.24) is 4.57 Å². The molecule has 2 aromatic carbocycles. The first-order chi connectivity index (χ1) is 14.1. The Balaban J connectivity index is 1.85. The summed E-state index contributed by atoms with van der Waals surface area (Å²) in [5, 5.41) is 11.4. The quantitative estimate of drug-likeness (QED) is 0.661. The molecule has 6 nitrogen and oxygen atoms in total. The Morgan fingerprint density at radius 3 is 2.30 bits per heavy atom. The molecule has 0 unspecified atom stereocenters. The van der Waals surface area contributed by atoms with Crippen LogP contribution >= 0.6 is 0 Å². The molecular formula is C21H15F3N2O4. The third kappa shape index (κ3) is 4.93. The summed E-state index contributed by atoms with van der Waals surface area (Å²) in [6.07, 6.45) is -3.28. The molecule has 3 rings (SSSR count). The minimum Gasteiger partial charge on any atom is -0.480 e. The van der Waals surface area contributed by atoms with E-state index < -0.39 is 35.7 Å². The van der Waals surface area contributed by atoms with Crippen molar-refractivity contribution in [3.8, 4) is 11.1 Å². The number of halogens is 3. The normalized spacial score (nSPS) is 11.2. The van der Waals surface area contributed by atoms with Crippen LogP contribution in [0.2, 0.25) is 0 Å². The minimum absolute atomic E-state index is 0.181. The lowest BCUT2D eigenvalue weighted by Gasteiger charge is -2.11. The minimum atomic E-state index is -4.48. The number of nitrogens with zero attached hydrogens (tertiary/aromatic N) is 1. The van der Waals surface area contributed by atoms with Gasteiger partial charge in [-0.05, 0) is 41.5 Å². The maximum absolute atomic E-state index is 12.9. The SMILES string of the molecule is O=C(O)Cn1cc(NC(=O)c2cccc(-c3cccc(C(F)(F)F)c3)c2)ccc1=O. The van der Waals surface area contributed by atoms with E-state index >= 15 is 0 Å². The summed E-state index contributed by atoms with van der Waals surface area (Å²) in [5.74, 6) is -1.78. The number of nitrogens with one attached hydrogen (secondary N) is 1. The summed E-state index contributed by atoms with van der Waals surface area (Å²) in [4.78, 5) is 35.0. The molecule has 0 radical (unpaired) electrons. The summed E-state index contributed by atoms with van der Waals surface area (Å²) >= 11 is 0. The number of aliphatic carboxylic acids is 1. The molecule has 0 saturated carbocycles. The fraction of sp³-hybridized carbons (Fsp3) is 0.0952. The number of pyridine rings is 1. The highest BCUT2D eigenvalue weighted by molar-refractivity contribution is 6.04. The zero-order valence-corrected chi connectivity index (χ0v) is 15.3. The number of aromatic nitrogens is 1. The molecule has 1 aromatic heterocycles. The predicted molar refractivity (Wildman–Crippen MR) is 103 cm³/mol. The van der Waals surface area contributed by atoms with Crippen LogP contribution in [-0.4, -0.2) is 21.6 Å². The second kappa shape index (κ2) is 8.24. The Labute approximate surface area is 168 Å². The summed E-state index contributed by atoms with van der Waals surface area (Å²) in [6, 6.07) is 13.3. The molecule has 0 bridgehead atoms. The highest BCUT2D eigenvalue weighted by Crippen LogP contribution is 2.32. The summed E-state index contributed by atoms with van der Waals surface area (Å²) < 4.78 is 39.8. The van der Waals surface area contributed by atoms with Crippen LogP contribution in [0.5, 0.6) is 0 Å². The van der Waals surface area contributed by atoms with E-state index in [-0.39, 0.29) is 11.3 Å². The van der Waals surface area contributed by atoms with Crippen LogP contribution in [0.15, 0.2) is 71.7 Å². The molecule has 1 heterocycles. The average molecular weight is 416 g/mol. The number of rotatable bonds is 5. The molecule has 0 aliphatic carbocycles. The highest BCUT2D eigenvalue weighted by Gasteiger charge is 2.30. The standard InChI is InChI=1S/C21H15F3N2O4/c22-21(23,24)16-6-2-4-14(10-16)13-3-1-5-15(9-13)20(30)25-17-7-8-18(27)26(11-17)12-19(28)29/h1-11H,12H2,(H,25,30)(H,28,29). The highest BCUT2D eigenvalue weighted by atomic mass is 19.4. The molecule has 0 aliphatic heterocycles. The third-order valence-electron chi connectivity index (χ3n) is 4.19. The van der Waals surface area contributed by atoms with Gasteiger partial charge in [-0.2, -0.15) is 13.2 Å². The molecule has 0 spiro atoms. The number of anilines is 1. The Kier molecular flexibility index (Phi) is 5.72. The van der Waals surface area contributed by atoms with E-state index in [1.165, 1.54) is 42.6 Å². The van der Waals surface area contributed by atoms with Gasteiger partial charge in [-0.15, -0.1) is 0 Å². The van der Waals surface area contributed by atoms with Crippen molar-refractivity contribution in [2.75, 3.05) is 5.32 Å². The van der Waals surface area contributed by atoms with Gasteiger partial charge in [0.15, 0.2) is 0 Å². The molecule has 9 heteroatoms. The average Bonchev–Trinajstić information content (AvgIpc) is 2.70. The van der Waals surface area contributed by atoms with Crippen LogP contribution < -0.4 is 10.9 Å². The maximum Gasteiger partial charge on any atom is 0.416 e. The number of carbonyl (C=O) groups is 2. The first-order valence-corrected chi connectivity index (χ1v) is 8.65. The number of alkyl halides is 3. The molecular weight excluding hydrogens is 401 g/mol. The second-order valence-corrected chi connectivity index (χ2v) is 6.39. The summed E-state index contributed by atoms with van der Waals surface area (Å²) in [7, 11) is 0. The van der Waals surface area contributed by atoms with E-state index in [0.29, 0.717) is 11.1 Å². The number of benzene rings is 2. The number of hydrogen-bond donors (Lipinski definition) is 2. The topological polar surface area (TPSA) is 88.4 Å². The first-order valence-electron chi connectivity index (χ1n) is 8.65. The van der Waals surface area contributed by atoms with E-state index in [4.69, 9.17) is 5.11 Å². The van der Waals surface area contributed by atoms with Crippen LogP contribution in [-0.2, 0) is 17.5 Å². The number of amides is 1. The van der Waals surface area contributed by atoms with Gasteiger partial charge in [0.2, 0.25) is 0 Å². The second-order valence-electron chi connectivity index (χ2n) is 6.39. The van der Waals surface area contributed by atoms with Gasteiger partial charge in [0, 0.05) is 17.8 Å². The lowest BCUT2D eigenvalue weighted by molar-refractivity contribution is -0.138. The van der Waals surface area contributed by atoms with E-state index in [1.54, 1.807) is 6.07 Å². The molecule has 2 N–H and O–H groups in total. The van der Waals surface area contributed by atoms with Crippen molar-refractivity contribution < 1.29 is 27.9 Å². The molecule has 0 saturated heterocycles. The maximum atomic E-state index is 12.9. The van der Waals surface area contributed by atoms with E-state index in [0.717, 1.165) is 22.8 Å². The Hall–Kier alpha value is -3.88. The van der Waals surface area contributed by atoms with E-state index in [1.807, 2.05) is 0 Å². The van der Waals surface area contributed by atoms with Gasteiger partial charge >= 0.3 is 12.1 Å². The van der Waals surface area contributed by atoms with Crippen LogP contribution in [0.4, 0.5) is 18.9 Å². The van der Waals surface area contributed by atoms with Crippen LogP contribution in [0, 0.1) is 0 Å². The molecule has 3 aromatic rings. The lowest BCUT2D eigenvalue weighted by atomic mass is 10.0. The molecule has 154 valence electrons. The van der Waals surface area contributed by atoms with Crippen molar-refractivity contribution in [3.63, 3.8) is 0 Å². The van der Waals surface area contributed by atoms with Crippen molar-refractivity contribution in [1.29, 1.82) is 0 Å². The Bertz CT molecular complexity index is 1170. The van der Waals surface area contributed by atoms with Crippen LogP contribution in [0.3, 0.4) is 0 Å². The molecule has 0 aliphatic rings. The first kappa shape index (κ1) is 20.8. The predicted octanol–water partition coefficient (Wildman–Crippen LogP) is 3.87. The Morgan fingerprint density at radius 1 is 0.967 bits per heavy atom. The van der Waals surface area contributed by atoms with Crippen LogP contribution in [0.1, 0.15) is 15.9 Å². The van der Waals surface area contributed by atoms with Crippen molar-refractivity contribution >= 4 is 17.6 Å². The van der Waals surface area contributed by atoms with Crippen molar-refractivity contribution in [2.24, 2.45) is 0 Å². The van der Waals surface area contributed by atoms with Crippen molar-refractivity contribution in [2.45, 2.75) is 12.7 Å². The lowest BCUT2D eigenvalue weighted by Crippen LogP contribution is -2.24. The van der Waals surface area contributed by atoms with Gasteiger partial charge in [0.1, 0.15) is 6.54 Å². The van der Waals surface area contributed by atoms with Crippen molar-refractivity contribution in [3.05, 3.63) is 88.3 Å². The monoisotopic (exact) mass is 416 g/mol. The summed E-state index contributed by atoms with van der Waals surface area (Å²) in [6.45, 7) is -0.562. The number of carboxylic acids is 1. The molecule has 0 atom stereocenters. The Morgan fingerprint density at radius 2 is 1.63 bits per heavy atom. The smallest absolute Gasteiger partial charge is 0.416 e. The zero-order valence-electron chi connectivity index (χ0n) is 15.3. The zero-order chi connectivity index (χ0) is 21.9. The molecule has 30 heavy (non-hydrogen) atoms. The van der Waals surface area contributed by atoms with Gasteiger partial charge < -0.3 is 15.0 Å². The third-order valence-corrected chi connectivity index (χ3v) is 4.19. The molecule has 0 fully saturated rings. The largest absolute Gasteiger partial charge is 0.480 e. The van der Waals surface area contributed by atoms with E-state index in [9.17, 15) is 27.6 Å². The van der Waals surface area contributed by atoms with Gasteiger partial charge in [0.25, 0.3) is 11.5 Å². The van der Waals surface area contributed by atoms with Gasteiger partial charge in [-0.3, -0.25) is 14.4 Å². The number of carboxylic acid groups (broad SMARTS) is 1. The van der Waals surface area contributed by atoms with Crippen LogP contribution in [0.25, 0.3) is 11.1 Å².